The van der Waals surface area contributed by atoms with Gasteiger partial charge in [0, 0.05) is 6.07 Å². The Morgan fingerprint density at radius 1 is 1.17 bits per heavy atom. The molecule has 3 rings (SSSR count). The molecule has 2 aromatic carbocycles. The van der Waals surface area contributed by atoms with Gasteiger partial charge in [0.15, 0.2) is 0 Å². The summed E-state index contributed by atoms with van der Waals surface area (Å²) in [4.78, 5) is 23.5. The van der Waals surface area contributed by atoms with Crippen molar-refractivity contribution in [3.63, 3.8) is 0 Å². The number of rotatable bonds is 5. The van der Waals surface area contributed by atoms with Gasteiger partial charge in [0.25, 0.3) is 0 Å². The molecule has 0 amide bonds. The van der Waals surface area contributed by atoms with Crippen molar-refractivity contribution in [3.05, 3.63) is 63.8 Å². The lowest BCUT2D eigenvalue weighted by Gasteiger charge is -2.15. The molecule has 3 aromatic rings. The molecule has 0 unspecified atom stereocenters. The first-order valence-corrected chi connectivity index (χ1v) is 8.41. The average Bonchev–Trinajstić information content (AvgIpc) is 2.65. The van der Waals surface area contributed by atoms with Gasteiger partial charge in [-0.2, -0.15) is 13.2 Å². The second kappa shape index (κ2) is 7.57. The van der Waals surface area contributed by atoms with Crippen LogP contribution in [0.4, 0.5) is 17.6 Å². The highest BCUT2D eigenvalue weighted by atomic mass is 19.4. The van der Waals surface area contributed by atoms with Crippen LogP contribution in [0.5, 0.6) is 5.75 Å². The van der Waals surface area contributed by atoms with Crippen molar-refractivity contribution in [1.29, 1.82) is 0 Å². The number of aliphatic carboxylic acids is 1. The molecule has 0 spiro atoms. The second-order valence-corrected chi connectivity index (χ2v) is 6.11. The first-order valence-electron chi connectivity index (χ1n) is 8.41. The predicted octanol–water partition coefficient (Wildman–Crippen LogP) is 3.31. The van der Waals surface area contributed by atoms with Crippen molar-refractivity contribution in [2.45, 2.75) is 19.5 Å². The summed E-state index contributed by atoms with van der Waals surface area (Å²) in [5.41, 5.74) is -1.86. The van der Waals surface area contributed by atoms with Crippen molar-refractivity contribution < 1.29 is 36.6 Å². The fourth-order valence-corrected chi connectivity index (χ4v) is 2.89. The third-order valence-corrected chi connectivity index (χ3v) is 4.19. The van der Waals surface area contributed by atoms with Gasteiger partial charge in [0.1, 0.15) is 23.8 Å². The van der Waals surface area contributed by atoms with Gasteiger partial charge in [-0.1, -0.05) is 19.1 Å². The Bertz CT molecular complexity index is 1130. The van der Waals surface area contributed by atoms with E-state index in [0.717, 1.165) is 30.3 Å². The first-order chi connectivity index (χ1) is 13.6. The molecular weight excluding hydrogens is 396 g/mol. The van der Waals surface area contributed by atoms with Gasteiger partial charge in [-0.05, 0) is 35.7 Å². The number of benzene rings is 2. The fraction of sp³-hybridized carbons (Fsp3) is 0.200. The number of carbonyl (C=O) groups excluding carboxylic acids is 1. The monoisotopic (exact) mass is 409 g/mol. The Kier molecular flexibility index (Phi) is 5.32. The van der Waals surface area contributed by atoms with Crippen LogP contribution < -0.4 is 15.3 Å². The van der Waals surface area contributed by atoms with Crippen molar-refractivity contribution in [1.82, 2.24) is 0 Å². The maximum absolute atomic E-state index is 13.6. The summed E-state index contributed by atoms with van der Waals surface area (Å²) in [6.45, 7) is 0.877. The highest BCUT2D eigenvalue weighted by Crippen LogP contribution is 2.38. The zero-order valence-electron chi connectivity index (χ0n) is 14.9. The Morgan fingerprint density at radius 3 is 2.38 bits per heavy atom. The number of carbonyl (C=O) groups is 1. The smallest absolute Gasteiger partial charge is 0.450 e. The molecule has 0 aliphatic carbocycles. The number of aryl methyl sites for hydroxylation is 1. The van der Waals surface area contributed by atoms with Gasteiger partial charge in [0.05, 0.1) is 16.9 Å². The van der Waals surface area contributed by atoms with Crippen molar-refractivity contribution >= 4 is 16.9 Å². The van der Waals surface area contributed by atoms with E-state index in [9.17, 15) is 32.3 Å². The van der Waals surface area contributed by atoms with Gasteiger partial charge in [-0.3, -0.25) is 4.79 Å². The molecule has 0 aliphatic heterocycles. The van der Waals surface area contributed by atoms with Crippen molar-refractivity contribution in [2.75, 3.05) is 6.61 Å². The maximum atomic E-state index is 13.6. The molecule has 0 saturated heterocycles. The maximum Gasteiger partial charge on any atom is 0.450 e. The summed E-state index contributed by atoms with van der Waals surface area (Å²) in [6, 6.07) is 6.32. The third kappa shape index (κ3) is 4.08. The molecule has 9 heteroatoms. The lowest BCUT2D eigenvalue weighted by Crippen LogP contribution is -2.29. The van der Waals surface area contributed by atoms with E-state index in [-0.39, 0.29) is 16.7 Å². The highest BCUT2D eigenvalue weighted by molar-refractivity contribution is 5.85. The Balaban J connectivity index is 2.32. The summed E-state index contributed by atoms with van der Waals surface area (Å²) in [6.07, 6.45) is -4.70. The molecule has 0 aliphatic rings. The van der Waals surface area contributed by atoms with E-state index < -0.39 is 46.9 Å². The molecule has 152 valence electrons. The SMILES string of the molecule is CCc1cc2c(=O)c(-c3ccc(F)cc3)c(C(F)(F)F)oc2cc1OCC(=O)[O-]. The van der Waals surface area contributed by atoms with Crippen LogP contribution in [-0.2, 0) is 17.4 Å². The normalized spacial score (nSPS) is 11.6. The number of ether oxygens (including phenoxy) is 1. The Hall–Kier alpha value is -3.36. The Labute approximate surface area is 161 Å². The zero-order valence-corrected chi connectivity index (χ0v) is 14.9. The van der Waals surface area contributed by atoms with Gasteiger partial charge in [-0.25, -0.2) is 4.39 Å². The molecule has 5 nitrogen and oxygen atoms in total. The van der Waals surface area contributed by atoms with E-state index in [4.69, 9.17) is 9.15 Å². The summed E-state index contributed by atoms with van der Waals surface area (Å²) in [7, 11) is 0. The highest BCUT2D eigenvalue weighted by Gasteiger charge is 2.39. The summed E-state index contributed by atoms with van der Waals surface area (Å²) >= 11 is 0. The lowest BCUT2D eigenvalue weighted by atomic mass is 10.00. The molecule has 0 radical (unpaired) electrons. The minimum Gasteiger partial charge on any atom is -0.546 e. The minimum absolute atomic E-state index is 0.0324. The first kappa shape index (κ1) is 20.4. The lowest BCUT2D eigenvalue weighted by molar-refractivity contribution is -0.307. The number of halogens is 4. The Morgan fingerprint density at radius 2 is 1.83 bits per heavy atom. The van der Waals surface area contributed by atoms with Crippen LogP contribution in [0, 0.1) is 5.82 Å². The molecular formula is C20H13F4O5-. The molecule has 0 N–H and O–H groups in total. The number of carboxylic acids is 1. The summed E-state index contributed by atoms with van der Waals surface area (Å²) in [5.74, 6) is -3.77. The molecule has 0 saturated carbocycles. The van der Waals surface area contributed by atoms with E-state index in [0.29, 0.717) is 12.0 Å². The van der Waals surface area contributed by atoms with Crippen LogP contribution in [0.15, 0.2) is 45.6 Å². The molecule has 1 heterocycles. The zero-order chi connectivity index (χ0) is 21.3. The van der Waals surface area contributed by atoms with Crippen LogP contribution >= 0.6 is 0 Å². The minimum atomic E-state index is -5.01. The van der Waals surface area contributed by atoms with Crippen LogP contribution in [0.1, 0.15) is 18.2 Å². The molecule has 29 heavy (non-hydrogen) atoms. The van der Waals surface area contributed by atoms with Crippen molar-refractivity contribution in [2.24, 2.45) is 0 Å². The van der Waals surface area contributed by atoms with Gasteiger partial charge >= 0.3 is 6.18 Å². The fourth-order valence-electron chi connectivity index (χ4n) is 2.89. The quantitative estimate of drug-likeness (QED) is 0.604. The van der Waals surface area contributed by atoms with E-state index >= 15 is 0 Å². The van der Waals surface area contributed by atoms with Crippen LogP contribution in [0.3, 0.4) is 0 Å². The van der Waals surface area contributed by atoms with Crippen LogP contribution in [0.25, 0.3) is 22.1 Å². The third-order valence-electron chi connectivity index (χ3n) is 4.19. The number of fused-ring (bicyclic) bond motifs is 1. The van der Waals surface area contributed by atoms with Gasteiger partial charge in [-0.15, -0.1) is 0 Å². The van der Waals surface area contributed by atoms with Gasteiger partial charge in [0.2, 0.25) is 11.2 Å². The van der Waals surface area contributed by atoms with E-state index in [2.05, 4.69) is 0 Å². The summed E-state index contributed by atoms with van der Waals surface area (Å²) in [5, 5.41) is 10.5. The van der Waals surface area contributed by atoms with E-state index in [1.807, 2.05) is 0 Å². The second-order valence-electron chi connectivity index (χ2n) is 6.11. The standard InChI is InChI=1S/C20H14F4O5/c1-2-10-7-13-15(8-14(10)28-9-16(25)26)29-19(20(22,23)24)17(18(13)27)11-3-5-12(21)6-4-11/h3-8H,2,9H2,1H3,(H,25,26)/p-1. The van der Waals surface area contributed by atoms with Crippen LogP contribution in [-0.4, -0.2) is 12.6 Å². The number of carboxylic acid groups (broad SMARTS) is 1. The number of hydrogen-bond donors (Lipinski definition) is 0. The molecule has 0 fully saturated rings. The predicted molar refractivity (Wildman–Crippen MR) is 92.8 cm³/mol. The van der Waals surface area contributed by atoms with Crippen LogP contribution in [0.2, 0.25) is 0 Å². The molecule has 1 aromatic heterocycles. The average molecular weight is 409 g/mol. The number of alkyl halides is 3. The molecule has 0 bridgehead atoms. The van der Waals surface area contributed by atoms with Gasteiger partial charge < -0.3 is 19.1 Å². The van der Waals surface area contributed by atoms with Crippen molar-refractivity contribution in [3.8, 4) is 16.9 Å². The molecule has 0 atom stereocenters. The van der Waals surface area contributed by atoms with E-state index in [1.165, 1.54) is 6.07 Å². The largest absolute Gasteiger partial charge is 0.546 e. The topological polar surface area (TPSA) is 79.6 Å². The van der Waals surface area contributed by atoms with E-state index in [1.54, 1.807) is 6.92 Å². The summed E-state index contributed by atoms with van der Waals surface area (Å²) < 4.78 is 64.0. The number of hydrogen-bond acceptors (Lipinski definition) is 5.